The van der Waals surface area contributed by atoms with Crippen LogP contribution in [0, 0.1) is 0 Å². The first-order valence-electron chi connectivity index (χ1n) is 16.5. The highest BCUT2D eigenvalue weighted by Crippen LogP contribution is 2.33. The van der Waals surface area contributed by atoms with E-state index in [0.29, 0.717) is 17.8 Å². The monoisotopic (exact) mass is 702 g/mol. The summed E-state index contributed by atoms with van der Waals surface area (Å²) in [7, 11) is -3.54. The number of likely N-dealkylation sites (tertiary alicyclic amines) is 1. The molecule has 0 aliphatic carbocycles. The molecule has 1 aliphatic heterocycles. The number of amides is 1. The minimum atomic E-state index is -3.54. The van der Waals surface area contributed by atoms with Gasteiger partial charge >= 0.3 is 6.09 Å². The van der Waals surface area contributed by atoms with Crippen LogP contribution >= 0.6 is 11.6 Å². The fourth-order valence-corrected chi connectivity index (χ4v) is 6.52. The first-order chi connectivity index (χ1) is 23.0. The van der Waals surface area contributed by atoms with Crippen molar-refractivity contribution >= 4 is 39.1 Å². The second kappa shape index (κ2) is 18.3. The molecule has 1 fully saturated rings. The van der Waals surface area contributed by atoms with E-state index in [1.54, 1.807) is 18.2 Å². The van der Waals surface area contributed by atoms with E-state index < -0.39 is 22.2 Å². The van der Waals surface area contributed by atoms with E-state index in [4.69, 9.17) is 16.3 Å². The number of benzene rings is 3. The third-order valence-corrected chi connectivity index (χ3v) is 9.19. The topological polar surface area (TPSA) is 160 Å². The molecule has 262 valence electrons. The molecule has 3 aromatic rings. The smallest absolute Gasteiger partial charge is 0.411 e. The molecule has 48 heavy (non-hydrogen) atoms. The average Bonchev–Trinajstić information content (AvgIpc) is 3.48. The summed E-state index contributed by atoms with van der Waals surface area (Å²) in [6.45, 7) is 3.74. The first-order valence-corrected chi connectivity index (χ1v) is 18.7. The van der Waals surface area contributed by atoms with Crippen molar-refractivity contribution in [2.45, 2.75) is 63.6 Å². The van der Waals surface area contributed by atoms with Crippen LogP contribution in [0.15, 0.2) is 60.7 Å². The number of para-hydroxylation sites is 1. The number of anilines is 2. The molecular formula is C35H47ClN4O7S. The lowest BCUT2D eigenvalue weighted by atomic mass is 10.0. The lowest BCUT2D eigenvalue weighted by molar-refractivity contribution is 0.113. The number of sulfonamides is 1. The van der Waals surface area contributed by atoms with Crippen molar-refractivity contribution in [1.82, 2.24) is 10.2 Å². The summed E-state index contributed by atoms with van der Waals surface area (Å²) in [6.07, 6.45) is 8.25. The number of rotatable bonds is 18. The van der Waals surface area contributed by atoms with Crippen molar-refractivity contribution in [1.29, 1.82) is 0 Å². The van der Waals surface area contributed by atoms with E-state index in [-0.39, 0.29) is 28.3 Å². The number of unbranched alkanes of at least 4 members (excludes halogenated alkanes) is 6. The van der Waals surface area contributed by atoms with Crippen LogP contribution in [0.2, 0.25) is 5.02 Å². The highest BCUT2D eigenvalue weighted by Gasteiger charge is 2.25. The fraction of sp³-hybridized carbons (Fsp3) is 0.457. The van der Waals surface area contributed by atoms with Crippen molar-refractivity contribution in [3.63, 3.8) is 0 Å². The Hall–Kier alpha value is -3.55. The van der Waals surface area contributed by atoms with Gasteiger partial charge in [-0.15, -0.1) is 0 Å². The highest BCUT2D eigenvalue weighted by molar-refractivity contribution is 7.92. The molecule has 1 amide bonds. The van der Waals surface area contributed by atoms with Crippen LogP contribution < -0.4 is 15.4 Å². The molecule has 0 unspecified atom stereocenters. The Bertz CT molecular complexity index is 1610. The van der Waals surface area contributed by atoms with Crippen LogP contribution in [0.1, 0.15) is 63.0 Å². The van der Waals surface area contributed by atoms with Crippen molar-refractivity contribution in [3.8, 4) is 22.6 Å². The average molecular weight is 703 g/mol. The number of phenols is 2. The second-order valence-electron chi connectivity index (χ2n) is 12.3. The fourth-order valence-electron chi connectivity index (χ4n) is 5.77. The highest BCUT2D eigenvalue weighted by atomic mass is 35.5. The number of aliphatic hydroxyl groups excluding tert-OH is 1. The van der Waals surface area contributed by atoms with Gasteiger partial charge in [-0.2, -0.15) is 0 Å². The Morgan fingerprint density at radius 2 is 1.67 bits per heavy atom. The molecule has 3 aromatic carbocycles. The SMILES string of the molecule is CS(=O)(=O)Nc1cc([C@@H](O)CNCCCCCCCCCN2CC[C@@H](OC(=O)Nc3ccccc3-c3ccc(O)c(Cl)c3)C2)ccc1O. The minimum absolute atomic E-state index is 0.00452. The predicted molar refractivity (Wildman–Crippen MR) is 190 cm³/mol. The zero-order chi connectivity index (χ0) is 34.5. The van der Waals surface area contributed by atoms with E-state index in [9.17, 15) is 28.5 Å². The summed E-state index contributed by atoms with van der Waals surface area (Å²) < 4.78 is 30.9. The zero-order valence-electron chi connectivity index (χ0n) is 27.3. The number of aromatic hydroxyl groups is 2. The van der Waals surface area contributed by atoms with Crippen LogP contribution in [-0.4, -0.2) is 79.8 Å². The van der Waals surface area contributed by atoms with Gasteiger partial charge in [-0.05, 0) is 73.8 Å². The van der Waals surface area contributed by atoms with Crippen molar-refractivity contribution in [3.05, 3.63) is 71.2 Å². The summed E-state index contributed by atoms with van der Waals surface area (Å²) in [6, 6.07) is 16.7. The molecule has 2 atom stereocenters. The van der Waals surface area contributed by atoms with Gasteiger partial charge in [0, 0.05) is 25.2 Å². The van der Waals surface area contributed by atoms with Crippen molar-refractivity contribution in [2.75, 3.05) is 49.0 Å². The molecule has 1 saturated heterocycles. The van der Waals surface area contributed by atoms with Crippen LogP contribution in [0.5, 0.6) is 11.5 Å². The molecular weight excluding hydrogens is 656 g/mol. The molecule has 0 aromatic heterocycles. The normalized spacial score (nSPS) is 15.7. The summed E-state index contributed by atoms with van der Waals surface area (Å²) in [5.41, 5.74) is 2.74. The number of phenolic OH excluding ortho intramolecular Hbond substituents is 2. The van der Waals surface area contributed by atoms with Gasteiger partial charge in [0.15, 0.2) is 0 Å². The summed E-state index contributed by atoms with van der Waals surface area (Å²) in [5.74, 6) is -0.191. The molecule has 11 nitrogen and oxygen atoms in total. The van der Waals surface area contributed by atoms with Gasteiger partial charge in [0.1, 0.15) is 17.6 Å². The van der Waals surface area contributed by atoms with Gasteiger partial charge in [-0.3, -0.25) is 14.9 Å². The van der Waals surface area contributed by atoms with E-state index in [2.05, 4.69) is 20.3 Å². The zero-order valence-corrected chi connectivity index (χ0v) is 28.9. The van der Waals surface area contributed by atoms with E-state index in [1.807, 2.05) is 24.3 Å². The number of nitrogens with zero attached hydrogens (tertiary/aromatic N) is 1. The number of hydrogen-bond acceptors (Lipinski definition) is 9. The van der Waals surface area contributed by atoms with Crippen LogP contribution in [0.4, 0.5) is 16.2 Å². The van der Waals surface area contributed by atoms with E-state index in [0.717, 1.165) is 82.1 Å². The van der Waals surface area contributed by atoms with Crippen molar-refractivity contribution in [2.24, 2.45) is 0 Å². The Morgan fingerprint density at radius 1 is 0.958 bits per heavy atom. The molecule has 0 spiro atoms. The number of carbonyl (C=O) groups is 1. The number of nitrogens with one attached hydrogen (secondary N) is 3. The Morgan fingerprint density at radius 3 is 2.42 bits per heavy atom. The standard InChI is InChI=1S/C35H47ClN4O7S/c1-48(45,46)39-31-22-26(14-16-33(31)42)34(43)23-37-18-9-5-3-2-4-6-10-19-40-20-17-27(24-40)47-35(44)38-30-12-8-7-11-28(30)25-13-15-32(41)29(36)21-25/h7-8,11-16,21-22,27,34,37,39,41-43H,2-6,9-10,17-20,23-24H2,1H3,(H,38,44)/t27-,34+/m1/s1. The van der Waals surface area contributed by atoms with Gasteiger partial charge in [0.25, 0.3) is 0 Å². The second-order valence-corrected chi connectivity index (χ2v) is 14.5. The first kappa shape index (κ1) is 37.3. The van der Waals surface area contributed by atoms with Crippen LogP contribution in [0.3, 0.4) is 0 Å². The van der Waals surface area contributed by atoms with Gasteiger partial charge in [0.05, 0.1) is 28.8 Å². The maximum atomic E-state index is 12.7. The lowest BCUT2D eigenvalue weighted by Gasteiger charge is -2.17. The van der Waals surface area contributed by atoms with Gasteiger partial charge in [-0.1, -0.05) is 74.0 Å². The predicted octanol–water partition coefficient (Wildman–Crippen LogP) is 6.47. The van der Waals surface area contributed by atoms with Gasteiger partial charge in [0.2, 0.25) is 10.0 Å². The van der Waals surface area contributed by atoms with Crippen LogP contribution in [0.25, 0.3) is 11.1 Å². The number of carbonyl (C=O) groups excluding carboxylic acids is 1. The lowest BCUT2D eigenvalue weighted by Crippen LogP contribution is -2.27. The van der Waals surface area contributed by atoms with Gasteiger partial charge < -0.3 is 25.4 Å². The summed E-state index contributed by atoms with van der Waals surface area (Å²) >= 11 is 6.09. The maximum absolute atomic E-state index is 12.7. The maximum Gasteiger partial charge on any atom is 0.411 e. The number of aliphatic hydroxyl groups is 1. The molecule has 6 N–H and O–H groups in total. The van der Waals surface area contributed by atoms with Crippen LogP contribution in [-0.2, 0) is 14.8 Å². The molecule has 0 saturated carbocycles. The molecule has 1 heterocycles. The molecule has 1 aliphatic rings. The third-order valence-electron chi connectivity index (χ3n) is 8.29. The summed E-state index contributed by atoms with van der Waals surface area (Å²) in [5, 5.41) is 36.4. The van der Waals surface area contributed by atoms with Gasteiger partial charge in [-0.25, -0.2) is 13.2 Å². The third kappa shape index (κ3) is 12.2. The molecule has 0 radical (unpaired) electrons. The number of hydrogen-bond donors (Lipinski definition) is 6. The number of halogens is 1. The minimum Gasteiger partial charge on any atom is -0.506 e. The van der Waals surface area contributed by atoms with E-state index in [1.165, 1.54) is 31.0 Å². The number of ether oxygens (including phenoxy) is 1. The Balaban J connectivity index is 1.02. The Labute approximate surface area is 288 Å². The largest absolute Gasteiger partial charge is 0.506 e. The van der Waals surface area contributed by atoms with E-state index >= 15 is 0 Å². The quantitative estimate of drug-likeness (QED) is 0.0645. The molecule has 13 heteroatoms. The van der Waals surface area contributed by atoms with Crippen molar-refractivity contribution < 1.29 is 33.3 Å². The Kier molecular flexibility index (Phi) is 14.2. The molecule has 4 rings (SSSR count). The molecule has 0 bridgehead atoms. The summed E-state index contributed by atoms with van der Waals surface area (Å²) in [4.78, 5) is 15.1.